The highest BCUT2D eigenvalue weighted by Gasteiger charge is 2.07. The first-order valence-electron chi connectivity index (χ1n) is 6.04. The van der Waals surface area contributed by atoms with Gasteiger partial charge in [0.1, 0.15) is 6.54 Å². The Morgan fingerprint density at radius 3 is 2.28 bits per heavy atom. The number of para-hydroxylation sites is 1. The van der Waals surface area contributed by atoms with Gasteiger partial charge < -0.3 is 11.1 Å². The first-order valence-corrected chi connectivity index (χ1v) is 6.04. The molecule has 0 aliphatic carbocycles. The molecule has 5 heteroatoms. The summed E-state index contributed by atoms with van der Waals surface area (Å²) in [6.07, 6.45) is -0.784. The molecule has 0 bridgehead atoms. The van der Waals surface area contributed by atoms with Crippen molar-refractivity contribution in [2.45, 2.75) is 33.1 Å². The van der Waals surface area contributed by atoms with Crippen molar-refractivity contribution >= 4 is 11.6 Å². The zero-order valence-corrected chi connectivity index (χ0v) is 10.7. The fraction of sp³-hybridized carbons (Fsp3) is 0.462. The lowest BCUT2D eigenvalue weighted by Crippen LogP contribution is -2.25. The highest BCUT2D eigenvalue weighted by atomic mass is 19.3. The number of hydrogen-bond acceptors (Lipinski definition) is 1. The van der Waals surface area contributed by atoms with E-state index in [0.717, 1.165) is 29.7 Å². The molecule has 0 aliphatic heterocycles. The van der Waals surface area contributed by atoms with Crippen LogP contribution in [0, 0.1) is 0 Å². The SMILES string of the molecule is CCc1cccc(CC)c1NC(N)=NCC(F)F. The second-order valence-corrected chi connectivity index (χ2v) is 3.90. The molecule has 1 rings (SSSR count). The van der Waals surface area contributed by atoms with Gasteiger partial charge in [0.25, 0.3) is 6.43 Å². The Hall–Kier alpha value is -1.65. The molecule has 0 atom stereocenters. The highest BCUT2D eigenvalue weighted by molar-refractivity contribution is 5.93. The van der Waals surface area contributed by atoms with E-state index in [0.29, 0.717) is 0 Å². The largest absolute Gasteiger partial charge is 0.370 e. The molecule has 1 aromatic rings. The molecule has 0 aromatic heterocycles. The van der Waals surface area contributed by atoms with Crippen molar-refractivity contribution < 1.29 is 8.78 Å². The molecule has 0 spiro atoms. The van der Waals surface area contributed by atoms with Crippen LogP contribution in [0.5, 0.6) is 0 Å². The van der Waals surface area contributed by atoms with E-state index in [1.165, 1.54) is 0 Å². The van der Waals surface area contributed by atoms with Crippen LogP contribution in [0.4, 0.5) is 14.5 Å². The maximum Gasteiger partial charge on any atom is 0.257 e. The van der Waals surface area contributed by atoms with Gasteiger partial charge in [-0.15, -0.1) is 0 Å². The molecule has 3 nitrogen and oxygen atoms in total. The van der Waals surface area contributed by atoms with Crippen LogP contribution in [-0.4, -0.2) is 18.9 Å². The van der Waals surface area contributed by atoms with Gasteiger partial charge >= 0.3 is 0 Å². The zero-order chi connectivity index (χ0) is 13.5. The number of aliphatic imine (C=N–C) groups is 1. The van der Waals surface area contributed by atoms with Crippen molar-refractivity contribution in [3.8, 4) is 0 Å². The van der Waals surface area contributed by atoms with Gasteiger partial charge in [0.2, 0.25) is 0 Å². The summed E-state index contributed by atoms with van der Waals surface area (Å²) in [7, 11) is 0. The topological polar surface area (TPSA) is 50.4 Å². The summed E-state index contributed by atoms with van der Waals surface area (Å²) < 4.78 is 24.1. The van der Waals surface area contributed by atoms with Gasteiger partial charge in [0.05, 0.1) is 0 Å². The minimum Gasteiger partial charge on any atom is -0.370 e. The van der Waals surface area contributed by atoms with Crippen LogP contribution in [0.2, 0.25) is 0 Å². The molecular formula is C13H19F2N3. The number of halogens is 2. The summed E-state index contributed by atoms with van der Waals surface area (Å²) in [5.74, 6) is 0.0332. The van der Waals surface area contributed by atoms with E-state index >= 15 is 0 Å². The van der Waals surface area contributed by atoms with Gasteiger partial charge in [0, 0.05) is 5.69 Å². The Morgan fingerprint density at radius 1 is 1.28 bits per heavy atom. The number of aryl methyl sites for hydroxylation is 2. The Labute approximate surface area is 106 Å². The van der Waals surface area contributed by atoms with E-state index in [-0.39, 0.29) is 5.96 Å². The quantitative estimate of drug-likeness (QED) is 0.628. The van der Waals surface area contributed by atoms with E-state index < -0.39 is 13.0 Å². The third-order valence-electron chi connectivity index (χ3n) is 2.65. The maximum atomic E-state index is 12.0. The number of guanidine groups is 1. The summed E-state index contributed by atoms with van der Waals surface area (Å²) in [4.78, 5) is 3.60. The average molecular weight is 255 g/mol. The fourth-order valence-electron chi connectivity index (χ4n) is 1.74. The standard InChI is InChI=1S/C13H19F2N3/c1-3-9-6-5-7-10(4-2)12(9)18-13(16)17-8-11(14)15/h5-7,11H,3-4,8H2,1-2H3,(H3,16,17,18). The van der Waals surface area contributed by atoms with Crippen LogP contribution in [-0.2, 0) is 12.8 Å². The normalized spacial score (nSPS) is 11.9. The minimum atomic E-state index is -2.47. The van der Waals surface area contributed by atoms with E-state index in [1.54, 1.807) is 0 Å². The number of nitrogens with zero attached hydrogens (tertiary/aromatic N) is 1. The maximum absolute atomic E-state index is 12.0. The molecule has 0 saturated carbocycles. The fourth-order valence-corrected chi connectivity index (χ4v) is 1.74. The predicted octanol–water partition coefficient (Wildman–Crippen LogP) is 2.80. The molecule has 100 valence electrons. The van der Waals surface area contributed by atoms with Gasteiger partial charge in [-0.1, -0.05) is 32.0 Å². The Morgan fingerprint density at radius 2 is 1.83 bits per heavy atom. The summed E-state index contributed by atoms with van der Waals surface area (Å²) in [6, 6.07) is 5.96. The first-order chi connectivity index (χ1) is 8.58. The van der Waals surface area contributed by atoms with Gasteiger partial charge in [0.15, 0.2) is 5.96 Å². The molecule has 1 aromatic carbocycles. The van der Waals surface area contributed by atoms with Crippen LogP contribution in [0.15, 0.2) is 23.2 Å². The average Bonchev–Trinajstić information content (AvgIpc) is 2.36. The van der Waals surface area contributed by atoms with Crippen LogP contribution in [0.25, 0.3) is 0 Å². The van der Waals surface area contributed by atoms with Crippen LogP contribution in [0.1, 0.15) is 25.0 Å². The molecule has 0 saturated heterocycles. The lowest BCUT2D eigenvalue weighted by atomic mass is 10.0. The number of nitrogens with one attached hydrogen (secondary N) is 1. The van der Waals surface area contributed by atoms with Gasteiger partial charge in [-0.25, -0.2) is 13.8 Å². The number of alkyl halides is 2. The van der Waals surface area contributed by atoms with Crippen LogP contribution in [0.3, 0.4) is 0 Å². The number of benzene rings is 1. The molecule has 0 aliphatic rings. The molecule has 0 unspecified atom stereocenters. The third kappa shape index (κ3) is 3.98. The number of rotatable bonds is 5. The van der Waals surface area contributed by atoms with Gasteiger partial charge in [-0.05, 0) is 24.0 Å². The third-order valence-corrected chi connectivity index (χ3v) is 2.65. The first kappa shape index (κ1) is 14.4. The lowest BCUT2D eigenvalue weighted by molar-refractivity contribution is 0.158. The number of hydrogen-bond donors (Lipinski definition) is 2. The summed E-state index contributed by atoms with van der Waals surface area (Å²) in [5, 5.41) is 2.93. The summed E-state index contributed by atoms with van der Waals surface area (Å²) in [5.41, 5.74) is 8.70. The van der Waals surface area contributed by atoms with Crippen molar-refractivity contribution in [2.75, 3.05) is 11.9 Å². The molecule has 3 N–H and O–H groups in total. The smallest absolute Gasteiger partial charge is 0.257 e. The molecular weight excluding hydrogens is 236 g/mol. The van der Waals surface area contributed by atoms with Crippen LogP contribution < -0.4 is 11.1 Å². The van der Waals surface area contributed by atoms with Crippen molar-refractivity contribution in [3.05, 3.63) is 29.3 Å². The van der Waals surface area contributed by atoms with Crippen molar-refractivity contribution in [1.82, 2.24) is 0 Å². The van der Waals surface area contributed by atoms with Crippen molar-refractivity contribution in [1.29, 1.82) is 0 Å². The van der Waals surface area contributed by atoms with E-state index in [1.807, 2.05) is 32.0 Å². The molecule has 0 amide bonds. The summed E-state index contributed by atoms with van der Waals surface area (Å²) in [6.45, 7) is 3.49. The van der Waals surface area contributed by atoms with Gasteiger partial charge in [-0.3, -0.25) is 0 Å². The number of nitrogens with two attached hydrogens (primary N) is 1. The lowest BCUT2D eigenvalue weighted by Gasteiger charge is -2.14. The molecule has 0 heterocycles. The highest BCUT2D eigenvalue weighted by Crippen LogP contribution is 2.22. The Kier molecular flexibility index (Phi) is 5.55. The van der Waals surface area contributed by atoms with Gasteiger partial charge in [-0.2, -0.15) is 0 Å². The molecule has 0 radical (unpaired) electrons. The zero-order valence-electron chi connectivity index (χ0n) is 10.7. The molecule has 18 heavy (non-hydrogen) atoms. The van der Waals surface area contributed by atoms with Crippen LogP contribution >= 0.6 is 0 Å². The number of anilines is 1. The Bertz CT molecular complexity index is 394. The minimum absolute atomic E-state index is 0.0332. The van der Waals surface area contributed by atoms with E-state index in [2.05, 4.69) is 10.3 Å². The van der Waals surface area contributed by atoms with Crippen molar-refractivity contribution in [3.63, 3.8) is 0 Å². The monoisotopic (exact) mass is 255 g/mol. The second kappa shape index (κ2) is 6.93. The van der Waals surface area contributed by atoms with Crippen molar-refractivity contribution in [2.24, 2.45) is 10.7 Å². The Balaban J connectivity index is 2.91. The molecule has 0 fully saturated rings. The van der Waals surface area contributed by atoms with E-state index in [4.69, 9.17) is 5.73 Å². The summed E-state index contributed by atoms with van der Waals surface area (Å²) >= 11 is 0. The van der Waals surface area contributed by atoms with E-state index in [9.17, 15) is 8.78 Å². The second-order valence-electron chi connectivity index (χ2n) is 3.90. The predicted molar refractivity (Wildman–Crippen MR) is 71.3 cm³/mol.